The average Bonchev–Trinajstić information content (AvgIpc) is 2.30. The molecule has 0 aliphatic heterocycles. The van der Waals surface area contributed by atoms with Crippen molar-refractivity contribution in [1.82, 2.24) is 0 Å². The van der Waals surface area contributed by atoms with Crippen molar-refractivity contribution in [2.24, 2.45) is 0 Å². The fourth-order valence-electron chi connectivity index (χ4n) is 3.02. The Morgan fingerprint density at radius 2 is 1.28 bits per heavy atom. The van der Waals surface area contributed by atoms with E-state index in [-0.39, 0.29) is 5.79 Å². The lowest BCUT2D eigenvalue weighted by Gasteiger charge is -2.41. The topological polar surface area (TPSA) is 18.5 Å². The van der Waals surface area contributed by atoms with Gasteiger partial charge in [-0.2, -0.15) is 0 Å². The zero-order valence-electron chi connectivity index (χ0n) is 12.8. The molecule has 0 radical (unpaired) electrons. The van der Waals surface area contributed by atoms with Gasteiger partial charge in [0, 0.05) is 12.8 Å². The van der Waals surface area contributed by atoms with Crippen molar-refractivity contribution in [2.75, 3.05) is 0 Å². The van der Waals surface area contributed by atoms with E-state index in [1.165, 1.54) is 32.1 Å². The van der Waals surface area contributed by atoms with E-state index in [1.807, 2.05) is 0 Å². The van der Waals surface area contributed by atoms with Gasteiger partial charge in [-0.1, -0.05) is 33.1 Å². The summed E-state index contributed by atoms with van der Waals surface area (Å²) < 4.78 is 12.6. The van der Waals surface area contributed by atoms with Crippen LogP contribution < -0.4 is 0 Å². The van der Waals surface area contributed by atoms with Gasteiger partial charge in [0.2, 0.25) is 0 Å². The first-order valence-electron chi connectivity index (χ1n) is 7.97. The Labute approximate surface area is 113 Å². The highest BCUT2D eigenvalue weighted by Gasteiger charge is 2.36. The molecule has 2 unspecified atom stereocenters. The summed E-state index contributed by atoms with van der Waals surface area (Å²) in [6.45, 7) is 8.81. The van der Waals surface area contributed by atoms with Crippen LogP contribution in [0.3, 0.4) is 0 Å². The zero-order valence-corrected chi connectivity index (χ0v) is 12.8. The molecular weight excluding hydrogens is 224 g/mol. The third-order valence-electron chi connectivity index (χ3n) is 3.84. The molecule has 0 bridgehead atoms. The van der Waals surface area contributed by atoms with Gasteiger partial charge in [-0.15, -0.1) is 0 Å². The van der Waals surface area contributed by atoms with Gasteiger partial charge in [-0.05, 0) is 39.5 Å². The van der Waals surface area contributed by atoms with Crippen molar-refractivity contribution in [1.29, 1.82) is 0 Å². The van der Waals surface area contributed by atoms with E-state index in [0.29, 0.717) is 12.2 Å². The maximum Gasteiger partial charge on any atom is 0.168 e. The molecule has 0 aromatic rings. The SMILES string of the molecule is CCCC(C)OC1(OC(C)CCC)CCCCC1. The number of rotatable bonds is 8. The van der Waals surface area contributed by atoms with Gasteiger partial charge in [-0.3, -0.25) is 0 Å². The summed E-state index contributed by atoms with van der Waals surface area (Å²) in [6.07, 6.45) is 11.3. The van der Waals surface area contributed by atoms with Crippen molar-refractivity contribution in [2.45, 2.75) is 103 Å². The van der Waals surface area contributed by atoms with Gasteiger partial charge in [0.15, 0.2) is 5.79 Å². The molecule has 0 saturated heterocycles. The molecule has 0 N–H and O–H groups in total. The van der Waals surface area contributed by atoms with Crippen LogP contribution in [0.1, 0.15) is 85.5 Å². The Hall–Kier alpha value is -0.0800. The lowest BCUT2D eigenvalue weighted by molar-refractivity contribution is -0.288. The predicted molar refractivity (Wildman–Crippen MR) is 76.7 cm³/mol. The highest BCUT2D eigenvalue weighted by Crippen LogP contribution is 2.35. The maximum atomic E-state index is 6.31. The number of ether oxygens (including phenoxy) is 2. The third kappa shape index (κ3) is 5.27. The van der Waals surface area contributed by atoms with Crippen LogP contribution in [-0.2, 0) is 9.47 Å². The Balaban J connectivity index is 2.56. The van der Waals surface area contributed by atoms with Crippen LogP contribution in [0.25, 0.3) is 0 Å². The van der Waals surface area contributed by atoms with Gasteiger partial charge in [0.25, 0.3) is 0 Å². The lowest BCUT2D eigenvalue weighted by Crippen LogP contribution is -2.43. The fourth-order valence-corrected chi connectivity index (χ4v) is 3.02. The van der Waals surface area contributed by atoms with E-state index in [0.717, 1.165) is 25.7 Å². The number of hydrogen-bond donors (Lipinski definition) is 0. The van der Waals surface area contributed by atoms with Crippen LogP contribution in [0.4, 0.5) is 0 Å². The minimum absolute atomic E-state index is 0.276. The summed E-state index contributed by atoms with van der Waals surface area (Å²) in [5, 5.41) is 0. The van der Waals surface area contributed by atoms with E-state index in [2.05, 4.69) is 27.7 Å². The van der Waals surface area contributed by atoms with Crippen molar-refractivity contribution in [3.8, 4) is 0 Å². The molecule has 0 aromatic carbocycles. The van der Waals surface area contributed by atoms with Crippen LogP contribution in [0, 0.1) is 0 Å². The minimum atomic E-state index is -0.276. The van der Waals surface area contributed by atoms with E-state index >= 15 is 0 Å². The maximum absolute atomic E-state index is 6.31. The van der Waals surface area contributed by atoms with Crippen LogP contribution >= 0.6 is 0 Å². The van der Waals surface area contributed by atoms with Crippen LogP contribution in [0.2, 0.25) is 0 Å². The molecule has 1 fully saturated rings. The van der Waals surface area contributed by atoms with Gasteiger partial charge in [-0.25, -0.2) is 0 Å². The molecule has 1 rings (SSSR count). The van der Waals surface area contributed by atoms with Crippen molar-refractivity contribution >= 4 is 0 Å². The fraction of sp³-hybridized carbons (Fsp3) is 1.00. The van der Waals surface area contributed by atoms with Crippen molar-refractivity contribution in [3.05, 3.63) is 0 Å². The molecule has 2 atom stereocenters. The Morgan fingerprint density at radius 1 is 0.833 bits per heavy atom. The number of hydrogen-bond acceptors (Lipinski definition) is 2. The first kappa shape index (κ1) is 16.0. The van der Waals surface area contributed by atoms with Crippen LogP contribution in [-0.4, -0.2) is 18.0 Å². The monoisotopic (exact) mass is 256 g/mol. The van der Waals surface area contributed by atoms with E-state index < -0.39 is 0 Å². The normalized spacial score (nSPS) is 22.7. The second-order valence-electron chi connectivity index (χ2n) is 5.91. The summed E-state index contributed by atoms with van der Waals surface area (Å²) in [4.78, 5) is 0. The van der Waals surface area contributed by atoms with Gasteiger partial charge < -0.3 is 9.47 Å². The standard InChI is InChI=1S/C16H32O2/c1-5-10-14(3)17-16(12-8-7-9-13-16)18-15(4)11-6-2/h14-15H,5-13H2,1-4H3. The summed E-state index contributed by atoms with van der Waals surface area (Å²) in [5.74, 6) is -0.276. The molecule has 2 heteroatoms. The van der Waals surface area contributed by atoms with Gasteiger partial charge in [0.1, 0.15) is 0 Å². The molecule has 18 heavy (non-hydrogen) atoms. The Kier molecular flexibility index (Phi) is 7.25. The highest BCUT2D eigenvalue weighted by molar-refractivity contribution is 4.78. The van der Waals surface area contributed by atoms with Crippen LogP contribution in [0.5, 0.6) is 0 Å². The Morgan fingerprint density at radius 3 is 1.67 bits per heavy atom. The summed E-state index contributed by atoms with van der Waals surface area (Å²) in [5.41, 5.74) is 0. The van der Waals surface area contributed by atoms with E-state index in [1.54, 1.807) is 0 Å². The highest BCUT2D eigenvalue weighted by atomic mass is 16.7. The molecule has 0 amide bonds. The lowest BCUT2D eigenvalue weighted by atomic mass is 9.93. The quantitative estimate of drug-likeness (QED) is 0.565. The molecular formula is C16H32O2. The van der Waals surface area contributed by atoms with Crippen molar-refractivity contribution < 1.29 is 9.47 Å². The minimum Gasteiger partial charge on any atom is -0.347 e. The molecule has 0 spiro atoms. The molecule has 2 nitrogen and oxygen atoms in total. The molecule has 0 aromatic heterocycles. The first-order chi connectivity index (χ1) is 8.62. The summed E-state index contributed by atoms with van der Waals surface area (Å²) in [6, 6.07) is 0. The second-order valence-corrected chi connectivity index (χ2v) is 5.91. The molecule has 0 heterocycles. The Bertz CT molecular complexity index is 193. The summed E-state index contributed by atoms with van der Waals surface area (Å²) in [7, 11) is 0. The van der Waals surface area contributed by atoms with Crippen molar-refractivity contribution in [3.63, 3.8) is 0 Å². The molecule has 1 aliphatic carbocycles. The molecule has 1 saturated carbocycles. The largest absolute Gasteiger partial charge is 0.347 e. The van der Waals surface area contributed by atoms with Gasteiger partial charge in [0.05, 0.1) is 12.2 Å². The molecule has 108 valence electrons. The summed E-state index contributed by atoms with van der Waals surface area (Å²) >= 11 is 0. The smallest absolute Gasteiger partial charge is 0.168 e. The zero-order chi connectivity index (χ0) is 13.4. The van der Waals surface area contributed by atoms with E-state index in [9.17, 15) is 0 Å². The molecule has 1 aliphatic rings. The predicted octanol–water partition coefficient (Wildman–Crippen LogP) is 5.06. The second kappa shape index (κ2) is 8.16. The first-order valence-corrected chi connectivity index (χ1v) is 7.97. The van der Waals surface area contributed by atoms with Gasteiger partial charge >= 0.3 is 0 Å². The van der Waals surface area contributed by atoms with Crippen LogP contribution in [0.15, 0.2) is 0 Å². The van der Waals surface area contributed by atoms with E-state index in [4.69, 9.17) is 9.47 Å². The average molecular weight is 256 g/mol. The third-order valence-corrected chi connectivity index (χ3v) is 3.84.